The van der Waals surface area contributed by atoms with Crippen molar-refractivity contribution in [3.63, 3.8) is 0 Å². The van der Waals surface area contributed by atoms with Gasteiger partial charge in [0.05, 0.1) is 21.9 Å². The van der Waals surface area contributed by atoms with Crippen LogP contribution >= 0.6 is 23.2 Å². The molecule has 0 aliphatic heterocycles. The molecule has 9 heteroatoms. The fourth-order valence-electron chi connectivity index (χ4n) is 1.39. The van der Waals surface area contributed by atoms with Crippen LogP contribution in [0.5, 0.6) is 0 Å². The smallest absolute Gasteiger partial charge is 0.263 e. The number of rotatable bonds is 3. The first-order chi connectivity index (χ1) is 9.31. The van der Waals surface area contributed by atoms with E-state index in [0.29, 0.717) is 0 Å². The van der Waals surface area contributed by atoms with Crippen LogP contribution in [-0.4, -0.2) is 13.4 Å². The van der Waals surface area contributed by atoms with Gasteiger partial charge >= 0.3 is 0 Å². The number of aromatic nitrogens is 1. The van der Waals surface area contributed by atoms with E-state index < -0.39 is 25.8 Å². The molecule has 106 valence electrons. The molecule has 1 heterocycles. The average Bonchev–Trinajstić information content (AvgIpc) is 2.38. The van der Waals surface area contributed by atoms with Crippen LogP contribution in [0.15, 0.2) is 35.4 Å². The molecule has 0 radical (unpaired) electrons. The van der Waals surface area contributed by atoms with E-state index in [9.17, 15) is 12.8 Å². The summed E-state index contributed by atoms with van der Waals surface area (Å²) in [5.74, 6) is -0.754. The van der Waals surface area contributed by atoms with Crippen molar-refractivity contribution in [3.05, 3.63) is 46.3 Å². The fourth-order valence-corrected chi connectivity index (χ4v) is 3.18. The SMILES string of the molecule is Nc1ccc(NS(=O)(=O)c2ccc(Cl)c(F)c2Cl)cn1. The number of halogens is 3. The van der Waals surface area contributed by atoms with Gasteiger partial charge in [0, 0.05) is 0 Å². The number of sulfonamides is 1. The molecule has 5 nitrogen and oxygen atoms in total. The van der Waals surface area contributed by atoms with E-state index in [4.69, 9.17) is 28.9 Å². The van der Waals surface area contributed by atoms with Crippen LogP contribution in [0.2, 0.25) is 10.0 Å². The standard InChI is InChI=1S/C11H8Cl2FN3O2S/c12-7-2-3-8(10(13)11(7)14)20(18,19)17-6-1-4-9(15)16-5-6/h1-5,17H,(H2,15,16). The van der Waals surface area contributed by atoms with Crippen LogP contribution in [0.1, 0.15) is 0 Å². The topological polar surface area (TPSA) is 85.1 Å². The van der Waals surface area contributed by atoms with E-state index in [2.05, 4.69) is 9.71 Å². The predicted molar refractivity (Wildman–Crippen MR) is 75.9 cm³/mol. The number of hydrogen-bond acceptors (Lipinski definition) is 4. The molecule has 0 bridgehead atoms. The zero-order valence-corrected chi connectivity index (χ0v) is 12.1. The summed E-state index contributed by atoms with van der Waals surface area (Å²) in [5, 5.41) is -0.837. The second-order valence-electron chi connectivity index (χ2n) is 3.75. The summed E-state index contributed by atoms with van der Waals surface area (Å²) in [4.78, 5) is 3.32. The van der Waals surface area contributed by atoms with Gasteiger partial charge in [-0.25, -0.2) is 17.8 Å². The lowest BCUT2D eigenvalue weighted by Crippen LogP contribution is -2.14. The van der Waals surface area contributed by atoms with Crippen molar-refractivity contribution in [2.24, 2.45) is 0 Å². The Morgan fingerprint density at radius 2 is 1.90 bits per heavy atom. The maximum absolute atomic E-state index is 13.5. The quantitative estimate of drug-likeness (QED) is 0.844. The minimum absolute atomic E-state index is 0.172. The Balaban J connectivity index is 2.41. The predicted octanol–water partition coefficient (Wildman–Crippen LogP) is 2.91. The Morgan fingerprint density at radius 3 is 2.50 bits per heavy atom. The first-order valence-electron chi connectivity index (χ1n) is 5.19. The number of nitrogens with zero attached hydrogens (tertiary/aromatic N) is 1. The summed E-state index contributed by atoms with van der Waals surface area (Å²) in [6.45, 7) is 0. The lowest BCUT2D eigenvalue weighted by Gasteiger charge is -2.10. The Bertz CT molecular complexity index is 751. The molecule has 0 atom stereocenters. The molecule has 20 heavy (non-hydrogen) atoms. The van der Waals surface area contributed by atoms with E-state index in [1.54, 1.807) is 0 Å². The van der Waals surface area contributed by atoms with Crippen LogP contribution in [0.4, 0.5) is 15.9 Å². The van der Waals surface area contributed by atoms with Crippen molar-refractivity contribution in [2.75, 3.05) is 10.5 Å². The largest absolute Gasteiger partial charge is 0.384 e. The second kappa shape index (κ2) is 5.43. The van der Waals surface area contributed by atoms with Crippen molar-refractivity contribution in [2.45, 2.75) is 4.90 Å². The third-order valence-electron chi connectivity index (χ3n) is 2.33. The molecule has 0 fully saturated rings. The van der Waals surface area contributed by atoms with Gasteiger partial charge in [-0.15, -0.1) is 0 Å². The summed E-state index contributed by atoms with van der Waals surface area (Å²) < 4.78 is 40.0. The lowest BCUT2D eigenvalue weighted by atomic mass is 10.3. The van der Waals surface area contributed by atoms with Crippen LogP contribution in [0, 0.1) is 5.82 Å². The monoisotopic (exact) mass is 335 g/mol. The number of pyridine rings is 1. The van der Waals surface area contributed by atoms with E-state index in [1.165, 1.54) is 18.3 Å². The van der Waals surface area contributed by atoms with Crippen LogP contribution in [0.3, 0.4) is 0 Å². The molecule has 1 aromatic heterocycles. The van der Waals surface area contributed by atoms with E-state index in [-0.39, 0.29) is 16.5 Å². The third kappa shape index (κ3) is 2.95. The summed E-state index contributed by atoms with van der Waals surface area (Å²) in [5.41, 5.74) is 5.56. The summed E-state index contributed by atoms with van der Waals surface area (Å²) >= 11 is 11.2. The minimum atomic E-state index is -4.06. The first-order valence-corrected chi connectivity index (χ1v) is 7.43. The Hall–Kier alpha value is -1.57. The number of nitrogens with one attached hydrogen (secondary N) is 1. The van der Waals surface area contributed by atoms with Gasteiger partial charge in [-0.05, 0) is 24.3 Å². The molecule has 3 N–H and O–H groups in total. The van der Waals surface area contributed by atoms with Crippen molar-refractivity contribution in [1.82, 2.24) is 4.98 Å². The van der Waals surface area contributed by atoms with E-state index >= 15 is 0 Å². The zero-order valence-electron chi connectivity index (χ0n) is 9.77. The van der Waals surface area contributed by atoms with Crippen molar-refractivity contribution < 1.29 is 12.8 Å². The van der Waals surface area contributed by atoms with Gasteiger partial charge in [-0.1, -0.05) is 23.2 Å². The number of nitrogens with two attached hydrogens (primary N) is 1. The Kier molecular flexibility index (Phi) is 4.03. The fraction of sp³-hybridized carbons (Fsp3) is 0. The Labute approximate surface area is 124 Å². The van der Waals surface area contributed by atoms with Crippen molar-refractivity contribution in [3.8, 4) is 0 Å². The highest BCUT2D eigenvalue weighted by atomic mass is 35.5. The van der Waals surface area contributed by atoms with Crippen LogP contribution in [0.25, 0.3) is 0 Å². The normalized spacial score (nSPS) is 11.3. The Morgan fingerprint density at radius 1 is 1.20 bits per heavy atom. The van der Waals surface area contributed by atoms with Gasteiger partial charge in [0.1, 0.15) is 10.7 Å². The number of benzene rings is 1. The molecule has 0 unspecified atom stereocenters. The maximum atomic E-state index is 13.5. The molecule has 0 saturated carbocycles. The van der Waals surface area contributed by atoms with Gasteiger partial charge in [0.25, 0.3) is 10.0 Å². The van der Waals surface area contributed by atoms with Gasteiger partial charge in [-0.3, -0.25) is 4.72 Å². The molecule has 2 rings (SSSR count). The molecule has 0 spiro atoms. The summed E-state index contributed by atoms with van der Waals surface area (Å²) in [6, 6.07) is 5.06. The van der Waals surface area contributed by atoms with E-state index in [0.717, 1.165) is 12.1 Å². The molecular weight excluding hydrogens is 328 g/mol. The van der Waals surface area contributed by atoms with Gasteiger partial charge < -0.3 is 5.73 Å². The summed E-state index contributed by atoms with van der Waals surface area (Å²) in [7, 11) is -4.06. The van der Waals surface area contributed by atoms with Gasteiger partial charge in [0.15, 0.2) is 5.82 Å². The summed E-state index contributed by atoms with van der Waals surface area (Å²) in [6.07, 6.45) is 1.23. The minimum Gasteiger partial charge on any atom is -0.384 e. The number of nitrogen functional groups attached to an aromatic ring is 1. The molecule has 0 aliphatic rings. The molecule has 2 aromatic rings. The molecular formula is C11H8Cl2FN3O2S. The number of anilines is 2. The zero-order chi connectivity index (χ0) is 14.9. The molecule has 1 aromatic carbocycles. The van der Waals surface area contributed by atoms with Crippen molar-refractivity contribution >= 4 is 44.7 Å². The molecule has 0 aliphatic carbocycles. The van der Waals surface area contributed by atoms with Crippen LogP contribution < -0.4 is 10.5 Å². The highest BCUT2D eigenvalue weighted by Gasteiger charge is 2.22. The number of hydrogen-bond donors (Lipinski definition) is 2. The van der Waals surface area contributed by atoms with Crippen LogP contribution in [-0.2, 0) is 10.0 Å². The lowest BCUT2D eigenvalue weighted by molar-refractivity contribution is 0.595. The molecule has 0 amide bonds. The second-order valence-corrected chi connectivity index (χ2v) is 6.19. The average molecular weight is 336 g/mol. The maximum Gasteiger partial charge on any atom is 0.263 e. The van der Waals surface area contributed by atoms with Crippen molar-refractivity contribution in [1.29, 1.82) is 0 Å². The van der Waals surface area contributed by atoms with Gasteiger partial charge in [0.2, 0.25) is 0 Å². The molecule has 0 saturated heterocycles. The highest BCUT2D eigenvalue weighted by Crippen LogP contribution is 2.30. The third-order valence-corrected chi connectivity index (χ3v) is 4.52. The van der Waals surface area contributed by atoms with Gasteiger partial charge in [-0.2, -0.15) is 0 Å². The highest BCUT2D eigenvalue weighted by molar-refractivity contribution is 7.92. The first kappa shape index (κ1) is 14.8. The van der Waals surface area contributed by atoms with E-state index in [1.807, 2.05) is 0 Å².